The highest BCUT2D eigenvalue weighted by atomic mass is 79.9. The Morgan fingerprint density at radius 1 is 1.21 bits per heavy atom. The van der Waals surface area contributed by atoms with Gasteiger partial charge in [-0.2, -0.15) is 0 Å². The second-order valence-corrected chi connectivity index (χ2v) is 9.70. The van der Waals surface area contributed by atoms with E-state index in [2.05, 4.69) is 31.1 Å². The number of ether oxygens (including phenoxy) is 1. The maximum atomic E-state index is 13.3. The molecule has 4 heterocycles. The van der Waals surface area contributed by atoms with Crippen molar-refractivity contribution in [2.45, 2.75) is 19.4 Å². The van der Waals surface area contributed by atoms with Gasteiger partial charge in [-0.3, -0.25) is 14.5 Å². The van der Waals surface area contributed by atoms with Gasteiger partial charge in [0.2, 0.25) is 0 Å². The molecule has 9 heteroatoms. The largest absolute Gasteiger partial charge is 0.390 e. The molecule has 2 aromatic rings. The summed E-state index contributed by atoms with van der Waals surface area (Å²) in [6.45, 7) is 6.26. The first-order valence-electron chi connectivity index (χ1n) is 11.2. The minimum absolute atomic E-state index is 0.0744. The zero-order valence-corrected chi connectivity index (χ0v) is 20.1. The van der Waals surface area contributed by atoms with E-state index in [-0.39, 0.29) is 11.8 Å². The second kappa shape index (κ2) is 9.06. The highest BCUT2D eigenvalue weighted by molar-refractivity contribution is 9.10. The summed E-state index contributed by atoms with van der Waals surface area (Å²) in [6, 6.07) is 5.68. The molecule has 0 spiro atoms. The van der Waals surface area contributed by atoms with Crippen LogP contribution < -0.4 is 5.32 Å². The van der Waals surface area contributed by atoms with Gasteiger partial charge >= 0.3 is 0 Å². The topological polar surface area (TPSA) is 97.9 Å². The van der Waals surface area contributed by atoms with Gasteiger partial charge in [-0.1, -0.05) is 15.9 Å². The van der Waals surface area contributed by atoms with Gasteiger partial charge < -0.3 is 25.0 Å². The zero-order valence-electron chi connectivity index (χ0n) is 18.5. The Morgan fingerprint density at radius 2 is 2.00 bits per heavy atom. The van der Waals surface area contributed by atoms with E-state index in [1.165, 1.54) is 0 Å². The molecule has 1 aromatic heterocycles. The molecular formula is C24H27BrN4O4. The minimum Gasteiger partial charge on any atom is -0.390 e. The molecule has 33 heavy (non-hydrogen) atoms. The predicted molar refractivity (Wildman–Crippen MR) is 129 cm³/mol. The Labute approximate surface area is 200 Å². The van der Waals surface area contributed by atoms with E-state index in [1.807, 2.05) is 31.2 Å². The Kier molecular flexibility index (Phi) is 6.13. The van der Waals surface area contributed by atoms with Crippen LogP contribution in [0.3, 0.4) is 0 Å². The van der Waals surface area contributed by atoms with Crippen molar-refractivity contribution in [1.82, 2.24) is 14.8 Å². The van der Waals surface area contributed by atoms with Crippen LogP contribution in [-0.4, -0.2) is 83.7 Å². The van der Waals surface area contributed by atoms with E-state index >= 15 is 0 Å². The van der Waals surface area contributed by atoms with Crippen LogP contribution in [-0.2, 0) is 16.0 Å². The number of H-pyrrole nitrogens is 1. The van der Waals surface area contributed by atoms with E-state index in [1.54, 1.807) is 4.90 Å². The molecule has 0 aliphatic carbocycles. The second-order valence-electron chi connectivity index (χ2n) is 8.79. The SMILES string of the molecule is Cc1c(/C=C2\C(=O)Nc3ccc(Br)cc32)[nH]c2c1C(=O)N(CC(O)CN1CCOCC1)CC2. The molecule has 3 N–H and O–H groups in total. The van der Waals surface area contributed by atoms with Crippen LogP contribution in [0.4, 0.5) is 5.69 Å². The zero-order chi connectivity index (χ0) is 23.1. The number of nitrogens with one attached hydrogen (secondary N) is 2. The average molecular weight is 515 g/mol. The Hall–Kier alpha value is -2.46. The van der Waals surface area contributed by atoms with Gasteiger partial charge in [0, 0.05) is 66.3 Å². The van der Waals surface area contributed by atoms with E-state index in [0.717, 1.165) is 45.8 Å². The summed E-state index contributed by atoms with van der Waals surface area (Å²) < 4.78 is 6.25. The number of carbonyl (C=O) groups excluding carboxylic acids is 2. The number of halogens is 1. The number of aliphatic hydroxyl groups excluding tert-OH is 1. The number of rotatable bonds is 5. The van der Waals surface area contributed by atoms with Crippen molar-refractivity contribution in [3.05, 3.63) is 50.8 Å². The number of carbonyl (C=O) groups is 2. The molecule has 3 aliphatic heterocycles. The van der Waals surface area contributed by atoms with E-state index in [4.69, 9.17) is 4.74 Å². The summed E-state index contributed by atoms with van der Waals surface area (Å²) in [7, 11) is 0. The van der Waals surface area contributed by atoms with Crippen LogP contribution in [0.25, 0.3) is 11.6 Å². The molecule has 1 unspecified atom stereocenters. The number of amides is 2. The van der Waals surface area contributed by atoms with Crippen molar-refractivity contribution < 1.29 is 19.4 Å². The Balaban J connectivity index is 1.35. The molecule has 8 nitrogen and oxygen atoms in total. The van der Waals surface area contributed by atoms with Crippen LogP contribution >= 0.6 is 15.9 Å². The van der Waals surface area contributed by atoms with Gasteiger partial charge in [0.05, 0.1) is 30.5 Å². The van der Waals surface area contributed by atoms with Gasteiger partial charge in [0.25, 0.3) is 11.8 Å². The van der Waals surface area contributed by atoms with Crippen LogP contribution in [0, 0.1) is 6.92 Å². The third-order valence-corrected chi connectivity index (χ3v) is 7.05. The normalized spacial score (nSPS) is 20.7. The number of aromatic amines is 1. The Bertz CT molecular complexity index is 1140. The number of nitrogens with zero attached hydrogens (tertiary/aromatic N) is 2. The number of β-amino-alcohol motifs (C(OH)–C–C–N with tert-alkyl or cyclic N) is 1. The lowest BCUT2D eigenvalue weighted by molar-refractivity contribution is -0.110. The predicted octanol–water partition coefficient (Wildman–Crippen LogP) is 2.27. The molecule has 3 aliphatic rings. The van der Waals surface area contributed by atoms with Crippen molar-refractivity contribution in [3.63, 3.8) is 0 Å². The molecule has 1 atom stereocenters. The number of morpholine rings is 1. The number of hydrogen-bond acceptors (Lipinski definition) is 5. The molecule has 1 saturated heterocycles. The summed E-state index contributed by atoms with van der Waals surface area (Å²) in [5.41, 5.74) is 5.31. The third-order valence-electron chi connectivity index (χ3n) is 6.56. The number of benzene rings is 1. The fraction of sp³-hybridized carbons (Fsp3) is 0.417. The maximum absolute atomic E-state index is 13.3. The van der Waals surface area contributed by atoms with Crippen molar-refractivity contribution in [3.8, 4) is 0 Å². The number of aliphatic hydroxyl groups is 1. The van der Waals surface area contributed by atoms with Gasteiger partial charge in [0.1, 0.15) is 0 Å². The molecule has 1 aromatic carbocycles. The molecular weight excluding hydrogens is 488 g/mol. The average Bonchev–Trinajstić information content (AvgIpc) is 3.27. The summed E-state index contributed by atoms with van der Waals surface area (Å²) in [5, 5.41) is 13.5. The summed E-state index contributed by atoms with van der Waals surface area (Å²) in [4.78, 5) is 33.1. The van der Waals surface area contributed by atoms with Crippen LogP contribution in [0.15, 0.2) is 22.7 Å². The summed E-state index contributed by atoms with van der Waals surface area (Å²) >= 11 is 3.47. The van der Waals surface area contributed by atoms with Crippen molar-refractivity contribution in [1.29, 1.82) is 0 Å². The number of aromatic nitrogens is 1. The quantitative estimate of drug-likeness (QED) is 0.531. The van der Waals surface area contributed by atoms with Crippen molar-refractivity contribution >= 4 is 45.1 Å². The van der Waals surface area contributed by atoms with Crippen LogP contribution in [0.1, 0.15) is 32.9 Å². The first-order valence-corrected chi connectivity index (χ1v) is 12.0. The number of anilines is 1. The van der Waals surface area contributed by atoms with Gasteiger partial charge in [-0.05, 0) is 36.8 Å². The standard InChI is InChI=1S/C24H27BrN4O4/c1-14-21(11-18-17-10-15(25)2-3-19(17)27-23(18)31)26-20-4-5-29(24(32)22(14)20)13-16(30)12-28-6-8-33-9-7-28/h2-3,10-11,16,26,30H,4-9,12-13H2,1H3,(H,27,31)/b18-11-. The smallest absolute Gasteiger partial charge is 0.256 e. The van der Waals surface area contributed by atoms with Gasteiger partial charge in [0.15, 0.2) is 0 Å². The van der Waals surface area contributed by atoms with Crippen LogP contribution in [0.5, 0.6) is 0 Å². The Morgan fingerprint density at radius 3 is 2.79 bits per heavy atom. The first kappa shape index (κ1) is 22.3. The molecule has 0 bridgehead atoms. The molecule has 0 saturated carbocycles. The summed E-state index contributed by atoms with van der Waals surface area (Å²) in [6.07, 6.45) is 1.90. The summed E-state index contributed by atoms with van der Waals surface area (Å²) in [5.74, 6) is -0.232. The fourth-order valence-corrected chi connectivity index (χ4v) is 5.18. The highest BCUT2D eigenvalue weighted by Gasteiger charge is 2.31. The first-order chi connectivity index (χ1) is 15.9. The van der Waals surface area contributed by atoms with Gasteiger partial charge in [-0.25, -0.2) is 0 Å². The fourth-order valence-electron chi connectivity index (χ4n) is 4.82. The molecule has 174 valence electrons. The van der Waals surface area contributed by atoms with Gasteiger partial charge in [-0.15, -0.1) is 0 Å². The number of hydrogen-bond donors (Lipinski definition) is 3. The van der Waals surface area contributed by atoms with Crippen molar-refractivity contribution in [2.75, 3.05) is 51.3 Å². The number of fused-ring (bicyclic) bond motifs is 2. The molecule has 0 radical (unpaired) electrons. The minimum atomic E-state index is -0.605. The molecule has 5 rings (SSSR count). The highest BCUT2D eigenvalue weighted by Crippen LogP contribution is 2.36. The van der Waals surface area contributed by atoms with Crippen LogP contribution in [0.2, 0.25) is 0 Å². The third kappa shape index (κ3) is 4.38. The van der Waals surface area contributed by atoms with E-state index in [9.17, 15) is 14.7 Å². The van der Waals surface area contributed by atoms with Crippen molar-refractivity contribution in [2.24, 2.45) is 0 Å². The molecule has 2 amide bonds. The van der Waals surface area contributed by atoms with E-state index < -0.39 is 6.10 Å². The lowest BCUT2D eigenvalue weighted by atomic mass is 10.0. The maximum Gasteiger partial charge on any atom is 0.256 e. The lowest BCUT2D eigenvalue weighted by Gasteiger charge is -2.32. The molecule has 1 fully saturated rings. The monoisotopic (exact) mass is 514 g/mol. The van der Waals surface area contributed by atoms with E-state index in [0.29, 0.717) is 50.4 Å². The lowest BCUT2D eigenvalue weighted by Crippen LogP contribution is -2.47.